The van der Waals surface area contributed by atoms with Crippen LogP contribution in [-0.2, 0) is 4.74 Å². The zero-order valence-corrected chi connectivity index (χ0v) is 11.7. The minimum absolute atomic E-state index is 0.386. The summed E-state index contributed by atoms with van der Waals surface area (Å²) in [5, 5.41) is 4.02. The summed E-state index contributed by atoms with van der Waals surface area (Å²) in [6, 6.07) is 6.05. The Labute approximate surface area is 118 Å². The highest BCUT2D eigenvalue weighted by Gasteiger charge is 2.41. The molecule has 1 aromatic rings. The van der Waals surface area contributed by atoms with Crippen molar-refractivity contribution in [1.29, 1.82) is 0 Å². The topological polar surface area (TPSA) is 38.3 Å². The smallest absolute Gasteiger partial charge is 0.339 e. The van der Waals surface area contributed by atoms with Gasteiger partial charge in [-0.3, -0.25) is 0 Å². The van der Waals surface area contributed by atoms with E-state index in [1.54, 1.807) is 12.1 Å². The Morgan fingerprint density at radius 2 is 1.95 bits per heavy atom. The van der Waals surface area contributed by atoms with Gasteiger partial charge in [-0.15, -0.1) is 0 Å². The first-order valence-electron chi connectivity index (χ1n) is 6.83. The van der Waals surface area contributed by atoms with Gasteiger partial charge in [0.2, 0.25) is 0 Å². The fourth-order valence-corrected chi connectivity index (χ4v) is 2.80. The molecule has 0 atom stereocenters. The molecule has 2 saturated carbocycles. The largest absolute Gasteiger partial charge is 0.465 e. The number of carbonyl (C=O) groups is 1. The maximum atomic E-state index is 11.6. The van der Waals surface area contributed by atoms with Gasteiger partial charge < -0.3 is 10.1 Å². The van der Waals surface area contributed by atoms with Crippen LogP contribution in [0.15, 0.2) is 18.2 Å². The van der Waals surface area contributed by atoms with Gasteiger partial charge in [0, 0.05) is 11.7 Å². The third-order valence-corrected chi connectivity index (χ3v) is 4.29. The Kier molecular flexibility index (Phi) is 3.40. The highest BCUT2D eigenvalue weighted by atomic mass is 35.5. The lowest BCUT2D eigenvalue weighted by Crippen LogP contribution is -2.24. The van der Waals surface area contributed by atoms with Crippen LogP contribution in [0.25, 0.3) is 0 Å². The third-order valence-electron chi connectivity index (χ3n) is 3.96. The fraction of sp³-hybridized carbons (Fsp3) is 0.533. The number of ether oxygens (including phenoxy) is 1. The Bertz CT molecular complexity index is 483. The number of esters is 1. The minimum Gasteiger partial charge on any atom is -0.465 e. The molecule has 0 aliphatic heterocycles. The molecule has 0 amide bonds. The van der Waals surface area contributed by atoms with Crippen molar-refractivity contribution >= 4 is 23.3 Å². The highest BCUT2D eigenvalue weighted by Crippen LogP contribution is 2.46. The summed E-state index contributed by atoms with van der Waals surface area (Å²) in [7, 11) is 1.37. The molecule has 0 spiro atoms. The lowest BCUT2D eigenvalue weighted by atomic mass is 10.1. The van der Waals surface area contributed by atoms with Crippen LogP contribution in [0.5, 0.6) is 0 Å². The van der Waals surface area contributed by atoms with Crippen molar-refractivity contribution < 1.29 is 9.53 Å². The molecule has 0 bridgehead atoms. The standard InChI is InChI=1S/C15H18ClNO2/c1-19-15(18)12-8-11(6-7-13(12)16)17-14(9-2-3-9)10-4-5-10/h6-10,14,17H,2-5H2,1H3. The van der Waals surface area contributed by atoms with Crippen LogP contribution in [0.4, 0.5) is 5.69 Å². The van der Waals surface area contributed by atoms with E-state index >= 15 is 0 Å². The molecule has 0 radical (unpaired) electrons. The average molecular weight is 280 g/mol. The first kappa shape index (κ1) is 12.8. The molecular formula is C15H18ClNO2. The first-order chi connectivity index (χ1) is 9.19. The van der Waals surface area contributed by atoms with Crippen molar-refractivity contribution in [2.24, 2.45) is 11.8 Å². The maximum Gasteiger partial charge on any atom is 0.339 e. The Hall–Kier alpha value is -1.22. The highest BCUT2D eigenvalue weighted by molar-refractivity contribution is 6.33. The predicted molar refractivity (Wildman–Crippen MR) is 75.7 cm³/mol. The number of anilines is 1. The lowest BCUT2D eigenvalue weighted by Gasteiger charge is -2.19. The zero-order chi connectivity index (χ0) is 13.4. The molecule has 4 heteroatoms. The number of carbonyl (C=O) groups excluding carboxylic acids is 1. The molecular weight excluding hydrogens is 262 g/mol. The number of hydrogen-bond donors (Lipinski definition) is 1. The van der Waals surface area contributed by atoms with Crippen LogP contribution in [0, 0.1) is 11.8 Å². The van der Waals surface area contributed by atoms with E-state index in [-0.39, 0.29) is 5.97 Å². The second kappa shape index (κ2) is 5.04. The summed E-state index contributed by atoms with van der Waals surface area (Å²) in [6.07, 6.45) is 5.30. The Balaban J connectivity index is 1.78. The van der Waals surface area contributed by atoms with Gasteiger partial charge in [0.1, 0.15) is 0 Å². The molecule has 102 valence electrons. The summed E-state index contributed by atoms with van der Waals surface area (Å²) >= 11 is 6.03. The molecule has 1 N–H and O–H groups in total. The SMILES string of the molecule is COC(=O)c1cc(NC(C2CC2)C2CC2)ccc1Cl. The van der Waals surface area contributed by atoms with Gasteiger partial charge in [0.15, 0.2) is 0 Å². The average Bonchev–Trinajstić information content (AvgIpc) is 3.29. The van der Waals surface area contributed by atoms with Gasteiger partial charge in [-0.25, -0.2) is 4.79 Å². The van der Waals surface area contributed by atoms with Crippen LogP contribution >= 0.6 is 11.6 Å². The summed E-state index contributed by atoms with van der Waals surface area (Å²) in [6.45, 7) is 0. The van der Waals surface area contributed by atoms with Crippen molar-refractivity contribution in [2.45, 2.75) is 31.7 Å². The second-order valence-electron chi connectivity index (χ2n) is 5.53. The van der Waals surface area contributed by atoms with E-state index in [4.69, 9.17) is 16.3 Å². The van der Waals surface area contributed by atoms with Crippen LogP contribution < -0.4 is 5.32 Å². The summed E-state index contributed by atoms with van der Waals surface area (Å²) in [5.74, 6) is 1.23. The van der Waals surface area contributed by atoms with Gasteiger partial charge in [-0.2, -0.15) is 0 Å². The van der Waals surface area contributed by atoms with E-state index in [9.17, 15) is 4.79 Å². The van der Waals surface area contributed by atoms with Gasteiger partial charge in [-0.05, 0) is 55.7 Å². The molecule has 3 nitrogen and oxygen atoms in total. The zero-order valence-electron chi connectivity index (χ0n) is 11.0. The van der Waals surface area contributed by atoms with Gasteiger partial charge in [0.25, 0.3) is 0 Å². The molecule has 0 aromatic heterocycles. The van der Waals surface area contributed by atoms with Gasteiger partial charge in [-0.1, -0.05) is 11.6 Å². The monoisotopic (exact) mass is 279 g/mol. The van der Waals surface area contributed by atoms with Crippen molar-refractivity contribution in [2.75, 3.05) is 12.4 Å². The number of methoxy groups -OCH3 is 1. The van der Waals surface area contributed by atoms with E-state index in [1.165, 1.54) is 32.8 Å². The van der Waals surface area contributed by atoms with Crippen molar-refractivity contribution in [3.63, 3.8) is 0 Å². The number of halogens is 1. The molecule has 2 aliphatic rings. The van der Waals surface area contributed by atoms with Crippen molar-refractivity contribution in [1.82, 2.24) is 0 Å². The van der Waals surface area contributed by atoms with Crippen LogP contribution in [-0.4, -0.2) is 19.1 Å². The molecule has 19 heavy (non-hydrogen) atoms. The van der Waals surface area contributed by atoms with Crippen molar-refractivity contribution in [3.8, 4) is 0 Å². The number of rotatable bonds is 5. The first-order valence-corrected chi connectivity index (χ1v) is 7.21. The normalized spacial score (nSPS) is 18.5. The van der Waals surface area contributed by atoms with E-state index in [0.29, 0.717) is 16.6 Å². The number of benzene rings is 1. The molecule has 0 saturated heterocycles. The summed E-state index contributed by atoms with van der Waals surface area (Å²) in [5.41, 5.74) is 1.40. The second-order valence-corrected chi connectivity index (χ2v) is 5.94. The lowest BCUT2D eigenvalue weighted by molar-refractivity contribution is 0.0601. The molecule has 0 heterocycles. The molecule has 3 rings (SSSR count). The predicted octanol–water partition coefficient (Wildman–Crippen LogP) is 3.73. The number of hydrogen-bond acceptors (Lipinski definition) is 3. The van der Waals surface area contributed by atoms with Gasteiger partial charge >= 0.3 is 5.97 Å². The molecule has 1 aromatic carbocycles. The van der Waals surface area contributed by atoms with E-state index < -0.39 is 0 Å². The summed E-state index contributed by atoms with van der Waals surface area (Å²) in [4.78, 5) is 11.6. The number of nitrogens with one attached hydrogen (secondary N) is 1. The molecule has 2 aliphatic carbocycles. The Morgan fingerprint density at radius 1 is 1.32 bits per heavy atom. The van der Waals surface area contributed by atoms with Crippen LogP contribution in [0.3, 0.4) is 0 Å². The maximum absolute atomic E-state index is 11.6. The quantitative estimate of drug-likeness (QED) is 0.835. The van der Waals surface area contributed by atoms with Crippen LogP contribution in [0.2, 0.25) is 5.02 Å². The van der Waals surface area contributed by atoms with E-state index in [1.807, 2.05) is 6.07 Å². The minimum atomic E-state index is -0.386. The fourth-order valence-electron chi connectivity index (χ4n) is 2.61. The molecule has 0 unspecified atom stereocenters. The van der Waals surface area contributed by atoms with Crippen LogP contribution in [0.1, 0.15) is 36.0 Å². The molecule has 2 fully saturated rings. The van der Waals surface area contributed by atoms with E-state index in [0.717, 1.165) is 17.5 Å². The van der Waals surface area contributed by atoms with E-state index in [2.05, 4.69) is 5.32 Å². The van der Waals surface area contributed by atoms with Crippen molar-refractivity contribution in [3.05, 3.63) is 28.8 Å². The summed E-state index contributed by atoms with van der Waals surface area (Å²) < 4.78 is 4.75. The third kappa shape index (κ3) is 2.86. The van der Waals surface area contributed by atoms with Gasteiger partial charge in [0.05, 0.1) is 17.7 Å². The Morgan fingerprint density at radius 3 is 2.47 bits per heavy atom.